The van der Waals surface area contributed by atoms with Gasteiger partial charge in [0.05, 0.1) is 0 Å². The molecule has 1 saturated heterocycles. The number of amides is 1. The largest absolute Gasteiger partial charge is 0.354 e. The van der Waals surface area contributed by atoms with Gasteiger partial charge in [0.1, 0.15) is 0 Å². The average molecular weight is 340 g/mol. The van der Waals surface area contributed by atoms with Gasteiger partial charge in [-0.25, -0.2) is 0 Å². The molecule has 1 aliphatic heterocycles. The number of hydrogen-bond donors (Lipinski definition) is 2. The lowest BCUT2D eigenvalue weighted by Crippen LogP contribution is -2.48. The van der Waals surface area contributed by atoms with Gasteiger partial charge >= 0.3 is 0 Å². The molecule has 0 spiro atoms. The highest BCUT2D eigenvalue weighted by atomic mass is 35.5. The van der Waals surface area contributed by atoms with Gasteiger partial charge in [0, 0.05) is 24.5 Å². The van der Waals surface area contributed by atoms with Crippen LogP contribution in [0.5, 0.6) is 0 Å². The van der Waals surface area contributed by atoms with Gasteiger partial charge in [0.25, 0.3) is 0 Å². The summed E-state index contributed by atoms with van der Waals surface area (Å²) in [5.41, 5.74) is 5.96. The summed E-state index contributed by atoms with van der Waals surface area (Å²) in [6, 6.07) is 0.770. The number of rotatable bonds is 4. The second kappa shape index (κ2) is 10.7. The molecular formula is C15H31Cl2N3O. The van der Waals surface area contributed by atoms with Crippen molar-refractivity contribution in [2.75, 3.05) is 19.6 Å². The fraction of sp³-hybridized carbons (Fsp3) is 0.933. The number of halogens is 2. The Bertz CT molecular complexity index is 305. The van der Waals surface area contributed by atoms with Crippen LogP contribution in [-0.2, 0) is 4.79 Å². The molecule has 0 radical (unpaired) electrons. The number of carbonyl (C=O) groups is 1. The van der Waals surface area contributed by atoms with Crippen LogP contribution in [-0.4, -0.2) is 42.5 Å². The lowest BCUT2D eigenvalue weighted by atomic mass is 9.85. The van der Waals surface area contributed by atoms with Crippen LogP contribution in [0.1, 0.15) is 51.9 Å². The molecule has 3 N–H and O–H groups in total. The van der Waals surface area contributed by atoms with E-state index in [-0.39, 0.29) is 42.7 Å². The van der Waals surface area contributed by atoms with Crippen LogP contribution in [0.15, 0.2) is 0 Å². The lowest BCUT2D eigenvalue weighted by molar-refractivity contribution is -0.126. The van der Waals surface area contributed by atoms with Gasteiger partial charge in [-0.2, -0.15) is 0 Å². The summed E-state index contributed by atoms with van der Waals surface area (Å²) in [5, 5.41) is 3.17. The van der Waals surface area contributed by atoms with E-state index in [9.17, 15) is 4.79 Å². The fourth-order valence-electron chi connectivity index (χ4n) is 3.54. The van der Waals surface area contributed by atoms with Crippen molar-refractivity contribution >= 4 is 30.7 Å². The van der Waals surface area contributed by atoms with E-state index in [4.69, 9.17) is 5.73 Å². The van der Waals surface area contributed by atoms with Crippen LogP contribution < -0.4 is 11.1 Å². The summed E-state index contributed by atoms with van der Waals surface area (Å²) in [5.74, 6) is 0.388. The Hall–Kier alpha value is -0.0300. The second-order valence-corrected chi connectivity index (χ2v) is 6.15. The molecular weight excluding hydrogens is 309 g/mol. The normalized spacial score (nSPS) is 29.9. The standard InChI is InChI=1S/C15H29N3O.2ClH/c1-2-18-9-4-3-8-14(18)11-17-15(19)12-6-5-7-13(16)10-12;;/h12-14H,2-11,16H2,1H3,(H,17,19);2*1H. The third-order valence-electron chi connectivity index (χ3n) is 4.75. The molecule has 21 heavy (non-hydrogen) atoms. The van der Waals surface area contributed by atoms with E-state index in [1.165, 1.54) is 25.8 Å². The first-order chi connectivity index (χ1) is 9.20. The summed E-state index contributed by atoms with van der Waals surface area (Å²) < 4.78 is 0. The predicted octanol–water partition coefficient (Wildman–Crippen LogP) is 2.34. The zero-order valence-corrected chi connectivity index (χ0v) is 14.7. The molecule has 0 aromatic carbocycles. The van der Waals surface area contributed by atoms with Crippen LogP contribution >= 0.6 is 24.8 Å². The third-order valence-corrected chi connectivity index (χ3v) is 4.75. The van der Waals surface area contributed by atoms with E-state index in [0.717, 1.165) is 38.8 Å². The highest BCUT2D eigenvalue weighted by Crippen LogP contribution is 2.23. The first-order valence-corrected chi connectivity index (χ1v) is 7.98. The van der Waals surface area contributed by atoms with E-state index in [1.54, 1.807) is 0 Å². The van der Waals surface area contributed by atoms with Crippen molar-refractivity contribution in [3.63, 3.8) is 0 Å². The Morgan fingerprint density at radius 1 is 1.19 bits per heavy atom. The minimum absolute atomic E-state index is 0. The smallest absolute Gasteiger partial charge is 0.223 e. The Morgan fingerprint density at radius 2 is 1.95 bits per heavy atom. The van der Waals surface area contributed by atoms with Gasteiger partial charge in [-0.15, -0.1) is 24.8 Å². The van der Waals surface area contributed by atoms with Gasteiger partial charge < -0.3 is 11.1 Å². The van der Waals surface area contributed by atoms with E-state index in [0.29, 0.717) is 6.04 Å². The number of nitrogens with zero attached hydrogens (tertiary/aromatic N) is 1. The van der Waals surface area contributed by atoms with Crippen molar-refractivity contribution in [2.24, 2.45) is 11.7 Å². The van der Waals surface area contributed by atoms with Crippen LogP contribution in [0.4, 0.5) is 0 Å². The van der Waals surface area contributed by atoms with Gasteiger partial charge in [-0.05, 0) is 45.2 Å². The summed E-state index contributed by atoms with van der Waals surface area (Å²) >= 11 is 0. The SMILES string of the molecule is CCN1CCCCC1CNC(=O)C1CCCC(N)C1.Cl.Cl. The monoisotopic (exact) mass is 339 g/mol. The summed E-state index contributed by atoms with van der Waals surface area (Å²) in [7, 11) is 0. The predicted molar refractivity (Wildman–Crippen MR) is 92.3 cm³/mol. The van der Waals surface area contributed by atoms with E-state index in [1.807, 2.05) is 0 Å². The number of likely N-dealkylation sites (tertiary alicyclic amines) is 1. The van der Waals surface area contributed by atoms with Gasteiger partial charge in [0.2, 0.25) is 5.91 Å². The van der Waals surface area contributed by atoms with E-state index >= 15 is 0 Å². The first-order valence-electron chi connectivity index (χ1n) is 7.98. The van der Waals surface area contributed by atoms with Crippen LogP contribution in [0.2, 0.25) is 0 Å². The zero-order valence-electron chi connectivity index (χ0n) is 13.1. The molecule has 0 bridgehead atoms. The molecule has 3 unspecified atom stereocenters. The molecule has 2 rings (SSSR count). The lowest BCUT2D eigenvalue weighted by Gasteiger charge is -2.35. The highest BCUT2D eigenvalue weighted by Gasteiger charge is 2.27. The Labute approximate surface area is 141 Å². The molecule has 0 aromatic rings. The average Bonchev–Trinajstić information content (AvgIpc) is 2.45. The molecule has 1 saturated carbocycles. The van der Waals surface area contributed by atoms with Gasteiger partial charge in [0.15, 0.2) is 0 Å². The minimum Gasteiger partial charge on any atom is -0.354 e. The van der Waals surface area contributed by atoms with Crippen LogP contribution in [0, 0.1) is 5.92 Å². The van der Waals surface area contributed by atoms with Crippen molar-refractivity contribution in [3.05, 3.63) is 0 Å². The molecule has 126 valence electrons. The quantitative estimate of drug-likeness (QED) is 0.826. The van der Waals surface area contributed by atoms with Crippen LogP contribution in [0.3, 0.4) is 0 Å². The molecule has 1 amide bonds. The van der Waals surface area contributed by atoms with Crippen molar-refractivity contribution in [1.29, 1.82) is 0 Å². The second-order valence-electron chi connectivity index (χ2n) is 6.15. The molecule has 2 aliphatic rings. The molecule has 6 heteroatoms. The fourth-order valence-corrected chi connectivity index (χ4v) is 3.54. The van der Waals surface area contributed by atoms with E-state index in [2.05, 4.69) is 17.1 Å². The maximum absolute atomic E-state index is 12.2. The third kappa shape index (κ3) is 6.31. The number of hydrogen-bond acceptors (Lipinski definition) is 3. The molecule has 2 fully saturated rings. The number of nitrogens with one attached hydrogen (secondary N) is 1. The van der Waals surface area contributed by atoms with Crippen LogP contribution in [0.25, 0.3) is 0 Å². The highest BCUT2D eigenvalue weighted by molar-refractivity contribution is 5.85. The number of nitrogens with two attached hydrogens (primary N) is 1. The van der Waals surface area contributed by atoms with E-state index < -0.39 is 0 Å². The molecule has 4 nitrogen and oxygen atoms in total. The molecule has 0 aromatic heterocycles. The molecule has 1 aliphatic carbocycles. The Kier molecular flexibility index (Phi) is 10.6. The van der Waals surface area contributed by atoms with Crippen molar-refractivity contribution in [3.8, 4) is 0 Å². The summed E-state index contributed by atoms with van der Waals surface area (Å²) in [4.78, 5) is 14.7. The minimum atomic E-state index is 0. The summed E-state index contributed by atoms with van der Waals surface area (Å²) in [6.07, 6.45) is 7.88. The Balaban J connectivity index is 0.00000200. The number of carbonyl (C=O) groups excluding carboxylic acids is 1. The Morgan fingerprint density at radius 3 is 2.62 bits per heavy atom. The topological polar surface area (TPSA) is 58.4 Å². The van der Waals surface area contributed by atoms with Crippen molar-refractivity contribution in [2.45, 2.75) is 64.0 Å². The van der Waals surface area contributed by atoms with Gasteiger partial charge in [-0.3, -0.25) is 9.69 Å². The number of piperidine rings is 1. The maximum atomic E-state index is 12.2. The first kappa shape index (κ1) is 21.0. The maximum Gasteiger partial charge on any atom is 0.223 e. The van der Waals surface area contributed by atoms with Gasteiger partial charge in [-0.1, -0.05) is 19.8 Å². The number of likely N-dealkylation sites (N-methyl/N-ethyl adjacent to an activating group) is 1. The summed E-state index contributed by atoms with van der Waals surface area (Å²) in [6.45, 7) is 5.30. The molecule has 1 heterocycles. The van der Waals surface area contributed by atoms with Crippen molar-refractivity contribution < 1.29 is 4.79 Å². The zero-order chi connectivity index (χ0) is 13.7. The molecule has 3 atom stereocenters. The van der Waals surface area contributed by atoms with Crippen molar-refractivity contribution in [1.82, 2.24) is 10.2 Å².